The lowest BCUT2D eigenvalue weighted by molar-refractivity contribution is 0.327. The molecule has 0 saturated carbocycles. The number of nitrogens with zero attached hydrogens (tertiary/aromatic N) is 1. The molecule has 20 heavy (non-hydrogen) atoms. The van der Waals surface area contributed by atoms with Crippen LogP contribution < -0.4 is 20.5 Å². The molecule has 0 radical (unpaired) electrons. The molecule has 0 unspecified atom stereocenters. The average molecular weight is 273 g/mol. The Kier molecular flexibility index (Phi) is 5.20. The van der Waals surface area contributed by atoms with Crippen LogP contribution in [0.25, 0.3) is 0 Å². The number of nitrogens with two attached hydrogens (primary N) is 1. The van der Waals surface area contributed by atoms with Crippen molar-refractivity contribution >= 4 is 11.5 Å². The molecule has 5 heteroatoms. The van der Waals surface area contributed by atoms with Crippen LogP contribution in [0.3, 0.4) is 0 Å². The van der Waals surface area contributed by atoms with E-state index in [1.54, 1.807) is 0 Å². The molecule has 0 spiro atoms. The van der Waals surface area contributed by atoms with Crippen molar-refractivity contribution in [1.82, 2.24) is 4.98 Å². The van der Waals surface area contributed by atoms with Gasteiger partial charge in [-0.3, -0.25) is 0 Å². The molecule has 0 fully saturated rings. The molecule has 0 saturated heterocycles. The van der Waals surface area contributed by atoms with Gasteiger partial charge in [0.05, 0.1) is 6.61 Å². The standard InChI is InChI=1S/C15H19N3O2/c1-2-19-15-5-3-4-14(18-15)17-12-6-8-13(9-7-12)20-11-10-16/h3-9H,2,10-11,16H2,1H3,(H,17,18). The third-order valence-electron chi connectivity index (χ3n) is 2.53. The Labute approximate surface area is 118 Å². The van der Waals surface area contributed by atoms with Crippen molar-refractivity contribution in [2.45, 2.75) is 6.92 Å². The van der Waals surface area contributed by atoms with Crippen LogP contribution in [-0.4, -0.2) is 24.7 Å². The summed E-state index contributed by atoms with van der Waals surface area (Å²) in [4.78, 5) is 4.35. The molecular weight excluding hydrogens is 254 g/mol. The number of pyridine rings is 1. The van der Waals surface area contributed by atoms with E-state index in [4.69, 9.17) is 15.2 Å². The van der Waals surface area contributed by atoms with Crippen LogP contribution in [0, 0.1) is 0 Å². The van der Waals surface area contributed by atoms with E-state index in [-0.39, 0.29) is 0 Å². The van der Waals surface area contributed by atoms with E-state index in [0.29, 0.717) is 25.6 Å². The van der Waals surface area contributed by atoms with Gasteiger partial charge in [0.2, 0.25) is 5.88 Å². The van der Waals surface area contributed by atoms with Gasteiger partial charge in [-0.15, -0.1) is 0 Å². The number of hydrogen-bond donors (Lipinski definition) is 2. The maximum absolute atomic E-state index is 5.42. The second kappa shape index (κ2) is 7.35. The fourth-order valence-electron chi connectivity index (χ4n) is 1.67. The topological polar surface area (TPSA) is 69.4 Å². The molecule has 0 aliphatic carbocycles. The van der Waals surface area contributed by atoms with Crippen molar-refractivity contribution in [2.24, 2.45) is 5.73 Å². The Morgan fingerprint density at radius 1 is 1.10 bits per heavy atom. The van der Waals surface area contributed by atoms with Crippen LogP contribution in [0.1, 0.15) is 6.92 Å². The first-order chi connectivity index (χ1) is 9.81. The molecule has 0 aliphatic rings. The molecule has 1 heterocycles. The zero-order chi connectivity index (χ0) is 14.2. The smallest absolute Gasteiger partial charge is 0.215 e. The van der Waals surface area contributed by atoms with Crippen LogP contribution in [0.2, 0.25) is 0 Å². The van der Waals surface area contributed by atoms with E-state index in [2.05, 4.69) is 10.3 Å². The van der Waals surface area contributed by atoms with Gasteiger partial charge in [0.15, 0.2) is 0 Å². The lowest BCUT2D eigenvalue weighted by Gasteiger charge is -2.09. The Balaban J connectivity index is 2.00. The number of nitrogens with one attached hydrogen (secondary N) is 1. The van der Waals surface area contributed by atoms with Gasteiger partial charge in [-0.2, -0.15) is 4.98 Å². The average Bonchev–Trinajstić information content (AvgIpc) is 2.47. The quantitative estimate of drug-likeness (QED) is 0.811. The van der Waals surface area contributed by atoms with Crippen molar-refractivity contribution in [3.8, 4) is 11.6 Å². The third-order valence-corrected chi connectivity index (χ3v) is 2.53. The summed E-state index contributed by atoms with van der Waals surface area (Å²) in [6, 6.07) is 13.3. The van der Waals surface area contributed by atoms with Crippen molar-refractivity contribution in [2.75, 3.05) is 25.1 Å². The molecule has 0 bridgehead atoms. The maximum atomic E-state index is 5.42. The van der Waals surface area contributed by atoms with Gasteiger partial charge < -0.3 is 20.5 Å². The minimum Gasteiger partial charge on any atom is -0.492 e. The second-order valence-corrected chi connectivity index (χ2v) is 4.08. The normalized spacial score (nSPS) is 10.1. The van der Waals surface area contributed by atoms with Crippen molar-refractivity contribution in [3.05, 3.63) is 42.5 Å². The maximum Gasteiger partial charge on any atom is 0.215 e. The van der Waals surface area contributed by atoms with Gasteiger partial charge in [-0.1, -0.05) is 6.07 Å². The fraction of sp³-hybridized carbons (Fsp3) is 0.267. The molecule has 3 N–H and O–H groups in total. The zero-order valence-corrected chi connectivity index (χ0v) is 11.5. The summed E-state index contributed by atoms with van der Waals surface area (Å²) in [6.07, 6.45) is 0. The minimum absolute atomic E-state index is 0.508. The monoisotopic (exact) mass is 273 g/mol. The van der Waals surface area contributed by atoms with Gasteiger partial charge in [0, 0.05) is 18.3 Å². The molecule has 1 aromatic heterocycles. The van der Waals surface area contributed by atoms with E-state index in [9.17, 15) is 0 Å². The Bertz CT molecular complexity index is 529. The number of rotatable bonds is 7. The van der Waals surface area contributed by atoms with Crippen LogP contribution in [0.15, 0.2) is 42.5 Å². The first kappa shape index (κ1) is 14.1. The summed E-state index contributed by atoms with van der Waals surface area (Å²) < 4.78 is 10.8. The van der Waals surface area contributed by atoms with Crippen LogP contribution in [0.4, 0.5) is 11.5 Å². The Morgan fingerprint density at radius 2 is 1.90 bits per heavy atom. The minimum atomic E-state index is 0.508. The van der Waals surface area contributed by atoms with Crippen molar-refractivity contribution in [3.63, 3.8) is 0 Å². The summed E-state index contributed by atoms with van der Waals surface area (Å²) in [7, 11) is 0. The molecule has 2 rings (SSSR count). The largest absolute Gasteiger partial charge is 0.492 e. The fourth-order valence-corrected chi connectivity index (χ4v) is 1.67. The van der Waals surface area contributed by atoms with Gasteiger partial charge >= 0.3 is 0 Å². The summed E-state index contributed by atoms with van der Waals surface area (Å²) in [5.74, 6) is 2.16. The number of ether oxygens (including phenoxy) is 2. The Morgan fingerprint density at radius 3 is 2.60 bits per heavy atom. The predicted molar refractivity (Wildman–Crippen MR) is 79.7 cm³/mol. The van der Waals surface area contributed by atoms with Gasteiger partial charge in [0.25, 0.3) is 0 Å². The summed E-state index contributed by atoms with van der Waals surface area (Å²) in [5.41, 5.74) is 6.33. The van der Waals surface area contributed by atoms with Crippen LogP contribution in [0.5, 0.6) is 11.6 Å². The van der Waals surface area contributed by atoms with E-state index in [1.807, 2.05) is 49.4 Å². The zero-order valence-electron chi connectivity index (χ0n) is 11.5. The number of hydrogen-bond acceptors (Lipinski definition) is 5. The summed E-state index contributed by atoms with van der Waals surface area (Å²) >= 11 is 0. The first-order valence-corrected chi connectivity index (χ1v) is 6.61. The first-order valence-electron chi connectivity index (χ1n) is 6.61. The van der Waals surface area contributed by atoms with E-state index >= 15 is 0 Å². The van der Waals surface area contributed by atoms with Crippen LogP contribution in [-0.2, 0) is 0 Å². The number of aromatic nitrogens is 1. The van der Waals surface area contributed by atoms with E-state index in [1.165, 1.54) is 0 Å². The van der Waals surface area contributed by atoms with Gasteiger partial charge in [-0.05, 0) is 37.3 Å². The highest BCUT2D eigenvalue weighted by molar-refractivity contribution is 5.57. The second-order valence-electron chi connectivity index (χ2n) is 4.08. The van der Waals surface area contributed by atoms with Crippen molar-refractivity contribution < 1.29 is 9.47 Å². The molecule has 2 aromatic rings. The highest BCUT2D eigenvalue weighted by atomic mass is 16.5. The lowest BCUT2D eigenvalue weighted by Crippen LogP contribution is -2.10. The van der Waals surface area contributed by atoms with Crippen LogP contribution >= 0.6 is 0 Å². The van der Waals surface area contributed by atoms with Gasteiger partial charge in [0.1, 0.15) is 18.2 Å². The molecule has 1 aromatic carbocycles. The third kappa shape index (κ3) is 4.13. The molecule has 0 atom stereocenters. The summed E-state index contributed by atoms with van der Waals surface area (Å²) in [6.45, 7) is 3.56. The molecular formula is C15H19N3O2. The molecule has 5 nitrogen and oxygen atoms in total. The van der Waals surface area contributed by atoms with Crippen molar-refractivity contribution in [1.29, 1.82) is 0 Å². The molecule has 0 amide bonds. The number of benzene rings is 1. The molecule has 106 valence electrons. The predicted octanol–water partition coefficient (Wildman–Crippen LogP) is 2.56. The lowest BCUT2D eigenvalue weighted by atomic mass is 10.3. The highest BCUT2D eigenvalue weighted by Crippen LogP contribution is 2.20. The molecule has 0 aliphatic heterocycles. The SMILES string of the molecule is CCOc1cccc(Nc2ccc(OCCN)cc2)n1. The Hall–Kier alpha value is -2.27. The van der Waals surface area contributed by atoms with E-state index in [0.717, 1.165) is 17.3 Å². The van der Waals surface area contributed by atoms with E-state index < -0.39 is 0 Å². The summed E-state index contributed by atoms with van der Waals surface area (Å²) in [5, 5.41) is 3.21. The number of anilines is 2. The van der Waals surface area contributed by atoms with Gasteiger partial charge in [-0.25, -0.2) is 0 Å². The highest BCUT2D eigenvalue weighted by Gasteiger charge is 2.00.